The minimum atomic E-state index is -0.902. The molecule has 1 aliphatic heterocycles. The van der Waals surface area contributed by atoms with Crippen LogP contribution in [-0.2, 0) is 0 Å². The number of carboxylic acid groups (broad SMARTS) is 1. The number of aromatic nitrogens is 1. The minimum Gasteiger partial charge on any atom is -0.478 e. The van der Waals surface area contributed by atoms with Crippen molar-refractivity contribution in [3.05, 3.63) is 23.9 Å². The van der Waals surface area contributed by atoms with Gasteiger partial charge in [-0.15, -0.1) is 0 Å². The van der Waals surface area contributed by atoms with Crippen LogP contribution in [0.2, 0.25) is 0 Å². The molecular weight excluding hydrogens is 204 g/mol. The molecule has 4 nitrogen and oxygen atoms in total. The van der Waals surface area contributed by atoms with E-state index in [9.17, 15) is 4.79 Å². The van der Waals surface area contributed by atoms with E-state index in [4.69, 9.17) is 5.11 Å². The zero-order valence-electron chi connectivity index (χ0n) is 9.60. The molecule has 1 saturated heterocycles. The number of aromatic carboxylic acids is 1. The molecule has 0 saturated carbocycles. The first-order valence-corrected chi connectivity index (χ1v) is 5.48. The van der Waals surface area contributed by atoms with Crippen molar-refractivity contribution in [2.24, 2.45) is 0 Å². The van der Waals surface area contributed by atoms with Crippen molar-refractivity contribution >= 4 is 11.8 Å². The number of hydrogen-bond donors (Lipinski definition) is 1. The van der Waals surface area contributed by atoms with E-state index in [0.29, 0.717) is 5.56 Å². The van der Waals surface area contributed by atoms with Crippen molar-refractivity contribution < 1.29 is 9.90 Å². The van der Waals surface area contributed by atoms with E-state index in [-0.39, 0.29) is 5.54 Å². The van der Waals surface area contributed by atoms with E-state index in [1.807, 2.05) is 0 Å². The maximum atomic E-state index is 10.9. The number of nitrogens with zero attached hydrogens (tertiary/aromatic N) is 2. The lowest BCUT2D eigenvalue weighted by Crippen LogP contribution is -2.38. The molecule has 86 valence electrons. The van der Waals surface area contributed by atoms with Gasteiger partial charge in [-0.05, 0) is 38.8 Å². The summed E-state index contributed by atoms with van der Waals surface area (Å²) in [6.07, 6.45) is 3.81. The average molecular weight is 220 g/mol. The Morgan fingerprint density at radius 3 is 2.88 bits per heavy atom. The molecular formula is C12H16N2O2. The molecule has 0 aliphatic carbocycles. The number of rotatable bonds is 2. The topological polar surface area (TPSA) is 53.4 Å². The Morgan fingerprint density at radius 1 is 1.56 bits per heavy atom. The Morgan fingerprint density at radius 2 is 2.31 bits per heavy atom. The van der Waals surface area contributed by atoms with E-state index in [0.717, 1.165) is 25.2 Å². The molecule has 1 aromatic heterocycles. The molecule has 4 heteroatoms. The predicted molar refractivity (Wildman–Crippen MR) is 61.9 cm³/mol. The highest BCUT2D eigenvalue weighted by atomic mass is 16.4. The van der Waals surface area contributed by atoms with Gasteiger partial charge in [-0.25, -0.2) is 9.78 Å². The van der Waals surface area contributed by atoms with Crippen LogP contribution in [0.25, 0.3) is 0 Å². The van der Waals surface area contributed by atoms with E-state index >= 15 is 0 Å². The molecule has 0 aromatic carbocycles. The van der Waals surface area contributed by atoms with Gasteiger partial charge in [0.1, 0.15) is 5.82 Å². The van der Waals surface area contributed by atoms with Crippen molar-refractivity contribution in [1.29, 1.82) is 0 Å². The molecule has 0 radical (unpaired) electrons. The van der Waals surface area contributed by atoms with Crippen LogP contribution in [0.4, 0.5) is 5.82 Å². The maximum absolute atomic E-state index is 10.9. The standard InChI is InChI=1S/C12H16N2O2/c1-12(2)5-3-7-14(12)10-8-9(11(15)16)4-6-13-10/h4,6,8H,3,5,7H2,1-2H3,(H,15,16). The van der Waals surface area contributed by atoms with Gasteiger partial charge in [0.05, 0.1) is 5.56 Å². The molecule has 16 heavy (non-hydrogen) atoms. The van der Waals surface area contributed by atoms with E-state index in [2.05, 4.69) is 23.7 Å². The van der Waals surface area contributed by atoms with Crippen molar-refractivity contribution in [1.82, 2.24) is 4.98 Å². The number of carbonyl (C=O) groups is 1. The summed E-state index contributed by atoms with van der Waals surface area (Å²) in [7, 11) is 0. The zero-order valence-corrected chi connectivity index (χ0v) is 9.60. The summed E-state index contributed by atoms with van der Waals surface area (Å²) in [4.78, 5) is 17.3. The monoisotopic (exact) mass is 220 g/mol. The lowest BCUT2D eigenvalue weighted by atomic mass is 10.0. The average Bonchev–Trinajstić information content (AvgIpc) is 2.58. The second-order valence-corrected chi connectivity index (χ2v) is 4.78. The highest BCUT2D eigenvalue weighted by Crippen LogP contribution is 2.32. The molecule has 1 aromatic rings. The highest BCUT2D eigenvalue weighted by Gasteiger charge is 2.32. The lowest BCUT2D eigenvalue weighted by molar-refractivity contribution is 0.0696. The van der Waals surface area contributed by atoms with Crippen molar-refractivity contribution in [3.8, 4) is 0 Å². The Hall–Kier alpha value is -1.58. The summed E-state index contributed by atoms with van der Waals surface area (Å²) in [5.74, 6) is -0.136. The maximum Gasteiger partial charge on any atom is 0.335 e. The van der Waals surface area contributed by atoms with Gasteiger partial charge in [-0.3, -0.25) is 0 Å². The van der Waals surface area contributed by atoms with Crippen LogP contribution in [-0.4, -0.2) is 28.1 Å². The van der Waals surface area contributed by atoms with Gasteiger partial charge < -0.3 is 10.0 Å². The van der Waals surface area contributed by atoms with Gasteiger partial charge in [-0.1, -0.05) is 0 Å². The lowest BCUT2D eigenvalue weighted by Gasteiger charge is -2.32. The second kappa shape index (κ2) is 3.77. The SMILES string of the molecule is CC1(C)CCCN1c1cc(C(=O)O)ccn1. The van der Waals surface area contributed by atoms with Crippen LogP contribution >= 0.6 is 0 Å². The van der Waals surface area contributed by atoms with Crippen LogP contribution in [0.1, 0.15) is 37.0 Å². The summed E-state index contributed by atoms with van der Waals surface area (Å²) in [6.45, 7) is 5.27. The number of pyridine rings is 1. The van der Waals surface area contributed by atoms with Gasteiger partial charge in [0, 0.05) is 18.3 Å². The third-order valence-corrected chi connectivity index (χ3v) is 3.17. The number of anilines is 1. The zero-order chi connectivity index (χ0) is 11.8. The van der Waals surface area contributed by atoms with Crippen molar-refractivity contribution in [2.45, 2.75) is 32.2 Å². The first-order valence-electron chi connectivity index (χ1n) is 5.48. The van der Waals surface area contributed by atoms with Gasteiger partial charge in [0.15, 0.2) is 0 Å². The fraction of sp³-hybridized carbons (Fsp3) is 0.500. The van der Waals surface area contributed by atoms with Gasteiger partial charge in [0.2, 0.25) is 0 Å². The molecule has 2 heterocycles. The first-order chi connectivity index (χ1) is 7.50. The Labute approximate surface area is 94.9 Å². The normalized spacial score (nSPS) is 18.8. The minimum absolute atomic E-state index is 0.0735. The van der Waals surface area contributed by atoms with Crippen molar-refractivity contribution in [3.63, 3.8) is 0 Å². The summed E-state index contributed by atoms with van der Waals surface area (Å²) < 4.78 is 0. The molecule has 0 atom stereocenters. The summed E-state index contributed by atoms with van der Waals surface area (Å²) in [6, 6.07) is 3.17. The summed E-state index contributed by atoms with van der Waals surface area (Å²) in [5, 5.41) is 8.94. The van der Waals surface area contributed by atoms with Crippen LogP contribution in [0, 0.1) is 0 Å². The Bertz CT molecular complexity index is 415. The van der Waals surface area contributed by atoms with Crippen LogP contribution in [0.15, 0.2) is 18.3 Å². The molecule has 1 fully saturated rings. The van der Waals surface area contributed by atoms with Crippen LogP contribution < -0.4 is 4.90 Å². The fourth-order valence-corrected chi connectivity index (χ4v) is 2.23. The third-order valence-electron chi connectivity index (χ3n) is 3.17. The third kappa shape index (κ3) is 1.87. The largest absolute Gasteiger partial charge is 0.478 e. The number of carboxylic acids is 1. The summed E-state index contributed by atoms with van der Waals surface area (Å²) >= 11 is 0. The van der Waals surface area contributed by atoms with Crippen molar-refractivity contribution in [2.75, 3.05) is 11.4 Å². The van der Waals surface area contributed by atoms with Crippen LogP contribution in [0.3, 0.4) is 0 Å². The van der Waals surface area contributed by atoms with E-state index in [1.54, 1.807) is 12.3 Å². The van der Waals surface area contributed by atoms with E-state index in [1.165, 1.54) is 6.07 Å². The van der Waals surface area contributed by atoms with Gasteiger partial charge in [0.25, 0.3) is 0 Å². The second-order valence-electron chi connectivity index (χ2n) is 4.78. The fourth-order valence-electron chi connectivity index (χ4n) is 2.23. The van der Waals surface area contributed by atoms with Gasteiger partial charge in [-0.2, -0.15) is 0 Å². The smallest absolute Gasteiger partial charge is 0.335 e. The molecule has 0 unspecified atom stereocenters. The molecule has 2 rings (SSSR count). The molecule has 0 amide bonds. The predicted octanol–water partition coefficient (Wildman–Crippen LogP) is 2.16. The Balaban J connectivity index is 2.34. The molecule has 1 aliphatic rings. The first kappa shape index (κ1) is 10.9. The van der Waals surface area contributed by atoms with E-state index < -0.39 is 5.97 Å². The number of hydrogen-bond acceptors (Lipinski definition) is 3. The molecule has 1 N–H and O–H groups in total. The molecule has 0 bridgehead atoms. The van der Waals surface area contributed by atoms with Gasteiger partial charge >= 0.3 is 5.97 Å². The Kier molecular flexibility index (Phi) is 2.58. The molecule has 0 spiro atoms. The summed E-state index contributed by atoms with van der Waals surface area (Å²) in [5.41, 5.74) is 0.372. The quantitative estimate of drug-likeness (QED) is 0.829. The highest BCUT2D eigenvalue weighted by molar-refractivity contribution is 5.88. The van der Waals surface area contributed by atoms with Crippen LogP contribution in [0.5, 0.6) is 0 Å².